The normalized spacial score (nSPS) is 13.4. The van der Waals surface area contributed by atoms with Crippen molar-refractivity contribution in [2.45, 2.75) is 53.9 Å². The quantitative estimate of drug-likeness (QED) is 0.736. The van der Waals surface area contributed by atoms with Crippen molar-refractivity contribution in [2.75, 3.05) is 0 Å². The van der Waals surface area contributed by atoms with E-state index in [2.05, 4.69) is 79.3 Å². The van der Waals surface area contributed by atoms with Crippen LogP contribution in [0.25, 0.3) is 6.08 Å². The van der Waals surface area contributed by atoms with Gasteiger partial charge in [-0.05, 0) is 46.1 Å². The molecule has 0 unspecified atom stereocenters. The molecule has 0 saturated carbocycles. The van der Waals surface area contributed by atoms with Crippen LogP contribution in [0.1, 0.15) is 58.2 Å². The van der Waals surface area contributed by atoms with E-state index < -0.39 is 0 Å². The van der Waals surface area contributed by atoms with Crippen LogP contribution < -0.4 is 5.73 Å². The fraction of sp³-hybridized carbons (Fsp3) is 0.474. The molecule has 0 fully saturated rings. The summed E-state index contributed by atoms with van der Waals surface area (Å²) >= 11 is 0. The fourth-order valence-corrected chi connectivity index (χ4v) is 1.95. The number of hydrogen-bond donors (Lipinski definition) is 1. The smallest absolute Gasteiger partial charge is 0.0352 e. The van der Waals surface area contributed by atoms with Crippen LogP contribution in [0.5, 0.6) is 0 Å². The van der Waals surface area contributed by atoms with Crippen molar-refractivity contribution in [1.29, 1.82) is 0 Å². The number of allylic oxidation sites excluding steroid dienone is 1. The standard InChI is InChI=1S/C19H29N/c1-13-9-10-16(19(6,7)8)11-15(13)12-17(20)14(2)18(3,4)5/h9-12H,2,20H2,1,3-8H3/b17-12+. The Morgan fingerprint density at radius 3 is 2.10 bits per heavy atom. The molecule has 1 nitrogen and oxygen atoms in total. The van der Waals surface area contributed by atoms with E-state index in [-0.39, 0.29) is 10.8 Å². The van der Waals surface area contributed by atoms with Gasteiger partial charge in [-0.25, -0.2) is 0 Å². The fourth-order valence-electron chi connectivity index (χ4n) is 1.95. The van der Waals surface area contributed by atoms with Gasteiger partial charge in [-0.1, -0.05) is 66.3 Å². The molecule has 1 rings (SSSR count). The van der Waals surface area contributed by atoms with Gasteiger partial charge < -0.3 is 5.73 Å². The SMILES string of the molecule is C=C(/C(N)=C\c1cc(C(C)(C)C)ccc1C)C(C)(C)C. The number of benzene rings is 1. The molecule has 110 valence electrons. The number of rotatable bonds is 2. The summed E-state index contributed by atoms with van der Waals surface area (Å²) in [5.41, 5.74) is 11.9. The van der Waals surface area contributed by atoms with Crippen molar-refractivity contribution < 1.29 is 0 Å². The van der Waals surface area contributed by atoms with Crippen LogP contribution in [-0.2, 0) is 5.41 Å². The number of hydrogen-bond acceptors (Lipinski definition) is 1. The van der Waals surface area contributed by atoms with Gasteiger partial charge in [0.15, 0.2) is 0 Å². The summed E-state index contributed by atoms with van der Waals surface area (Å²) < 4.78 is 0. The van der Waals surface area contributed by atoms with Crippen LogP contribution in [0.15, 0.2) is 36.0 Å². The Bertz CT molecular complexity index is 534. The Labute approximate surface area is 124 Å². The summed E-state index contributed by atoms with van der Waals surface area (Å²) in [5, 5.41) is 0. The van der Waals surface area contributed by atoms with Gasteiger partial charge in [-0.15, -0.1) is 0 Å². The van der Waals surface area contributed by atoms with E-state index in [1.807, 2.05) is 0 Å². The molecule has 0 aliphatic heterocycles. The van der Waals surface area contributed by atoms with Gasteiger partial charge in [0.2, 0.25) is 0 Å². The zero-order valence-electron chi connectivity index (χ0n) is 14.1. The molecule has 0 heterocycles. The maximum atomic E-state index is 6.22. The lowest BCUT2D eigenvalue weighted by atomic mass is 9.83. The van der Waals surface area contributed by atoms with E-state index in [4.69, 9.17) is 5.73 Å². The topological polar surface area (TPSA) is 26.0 Å². The van der Waals surface area contributed by atoms with Crippen molar-refractivity contribution in [2.24, 2.45) is 11.1 Å². The van der Waals surface area contributed by atoms with Gasteiger partial charge in [0.25, 0.3) is 0 Å². The van der Waals surface area contributed by atoms with Crippen LogP contribution in [0.3, 0.4) is 0 Å². The zero-order chi connectivity index (χ0) is 15.7. The van der Waals surface area contributed by atoms with Crippen LogP contribution in [0.2, 0.25) is 0 Å². The summed E-state index contributed by atoms with van der Waals surface area (Å²) in [6, 6.07) is 6.60. The molecule has 0 spiro atoms. The molecular weight excluding hydrogens is 242 g/mol. The van der Waals surface area contributed by atoms with E-state index in [0.29, 0.717) is 0 Å². The highest BCUT2D eigenvalue weighted by Crippen LogP contribution is 2.30. The van der Waals surface area contributed by atoms with Gasteiger partial charge >= 0.3 is 0 Å². The molecule has 0 bridgehead atoms. The van der Waals surface area contributed by atoms with E-state index in [1.165, 1.54) is 16.7 Å². The number of nitrogens with two attached hydrogens (primary N) is 1. The summed E-state index contributed by atoms with van der Waals surface area (Å²) in [4.78, 5) is 0. The Balaban J connectivity index is 3.24. The Morgan fingerprint density at radius 1 is 1.10 bits per heavy atom. The lowest BCUT2D eigenvalue weighted by Crippen LogP contribution is -2.15. The van der Waals surface area contributed by atoms with Crippen molar-refractivity contribution in [3.05, 3.63) is 52.7 Å². The molecule has 1 aromatic rings. The van der Waals surface area contributed by atoms with E-state index in [1.54, 1.807) is 0 Å². The van der Waals surface area contributed by atoms with Gasteiger partial charge in [-0.3, -0.25) is 0 Å². The Hall–Kier alpha value is -1.50. The van der Waals surface area contributed by atoms with Gasteiger partial charge in [0, 0.05) is 5.70 Å². The molecule has 0 aliphatic rings. The molecule has 0 radical (unpaired) electrons. The molecular formula is C19H29N. The molecule has 0 aliphatic carbocycles. The zero-order valence-corrected chi connectivity index (χ0v) is 14.1. The van der Waals surface area contributed by atoms with Crippen LogP contribution in [-0.4, -0.2) is 0 Å². The maximum Gasteiger partial charge on any atom is 0.0352 e. The molecule has 0 atom stereocenters. The largest absolute Gasteiger partial charge is 0.398 e. The van der Waals surface area contributed by atoms with E-state index in [0.717, 1.165) is 11.3 Å². The Kier molecular flexibility index (Phi) is 4.53. The second-order valence-electron chi connectivity index (χ2n) is 7.65. The minimum absolute atomic E-state index is 0.00384. The van der Waals surface area contributed by atoms with Gasteiger partial charge in [0.1, 0.15) is 0 Å². The minimum Gasteiger partial charge on any atom is -0.398 e. The van der Waals surface area contributed by atoms with Gasteiger partial charge in [-0.2, -0.15) is 0 Å². The molecule has 1 heteroatoms. The third kappa shape index (κ3) is 4.00. The number of aryl methyl sites for hydroxylation is 1. The molecule has 0 saturated heterocycles. The first-order chi connectivity index (χ1) is 8.93. The minimum atomic E-state index is -0.00384. The molecule has 0 amide bonds. The molecule has 1 aromatic carbocycles. The van der Waals surface area contributed by atoms with Crippen molar-refractivity contribution in [1.82, 2.24) is 0 Å². The highest BCUT2D eigenvalue weighted by atomic mass is 14.6. The lowest BCUT2D eigenvalue weighted by molar-refractivity contribution is 0.512. The van der Waals surface area contributed by atoms with Crippen molar-refractivity contribution in [3.8, 4) is 0 Å². The third-order valence-electron chi connectivity index (χ3n) is 3.71. The maximum absolute atomic E-state index is 6.22. The molecule has 20 heavy (non-hydrogen) atoms. The van der Waals surface area contributed by atoms with E-state index in [9.17, 15) is 0 Å². The van der Waals surface area contributed by atoms with Crippen LogP contribution >= 0.6 is 0 Å². The first-order valence-electron chi connectivity index (χ1n) is 7.21. The Morgan fingerprint density at radius 2 is 1.65 bits per heavy atom. The van der Waals surface area contributed by atoms with E-state index >= 15 is 0 Å². The summed E-state index contributed by atoms with van der Waals surface area (Å²) in [5.74, 6) is 0. The summed E-state index contributed by atoms with van der Waals surface area (Å²) in [7, 11) is 0. The summed E-state index contributed by atoms with van der Waals surface area (Å²) in [6.45, 7) is 19.3. The van der Waals surface area contributed by atoms with Crippen molar-refractivity contribution >= 4 is 6.08 Å². The van der Waals surface area contributed by atoms with Crippen LogP contribution in [0, 0.1) is 12.3 Å². The predicted molar refractivity (Wildman–Crippen MR) is 90.6 cm³/mol. The average molecular weight is 271 g/mol. The highest BCUT2D eigenvalue weighted by Gasteiger charge is 2.18. The second-order valence-corrected chi connectivity index (χ2v) is 7.65. The lowest BCUT2D eigenvalue weighted by Gasteiger charge is -2.23. The monoisotopic (exact) mass is 271 g/mol. The van der Waals surface area contributed by atoms with Crippen LogP contribution in [0.4, 0.5) is 0 Å². The first-order valence-corrected chi connectivity index (χ1v) is 7.21. The first kappa shape index (κ1) is 16.6. The second kappa shape index (κ2) is 5.47. The molecule has 0 aromatic heterocycles. The third-order valence-corrected chi connectivity index (χ3v) is 3.71. The molecule has 2 N–H and O–H groups in total. The average Bonchev–Trinajstić information content (AvgIpc) is 2.28. The highest BCUT2D eigenvalue weighted by molar-refractivity contribution is 5.61. The predicted octanol–water partition coefficient (Wildman–Crippen LogP) is 5.19. The van der Waals surface area contributed by atoms with Gasteiger partial charge in [0.05, 0.1) is 0 Å². The summed E-state index contributed by atoms with van der Waals surface area (Å²) in [6.07, 6.45) is 2.05. The van der Waals surface area contributed by atoms with Crippen molar-refractivity contribution in [3.63, 3.8) is 0 Å².